The van der Waals surface area contributed by atoms with Crippen molar-refractivity contribution in [2.45, 2.75) is 32.9 Å². The number of hydrogen-bond acceptors (Lipinski definition) is 3. The number of anilines is 1. The van der Waals surface area contributed by atoms with E-state index in [0.29, 0.717) is 12.8 Å². The van der Waals surface area contributed by atoms with Gasteiger partial charge in [0.2, 0.25) is 5.91 Å². The normalized spacial score (nSPS) is 10.7. The lowest BCUT2D eigenvalue weighted by molar-refractivity contribution is -0.116. The van der Waals surface area contributed by atoms with Gasteiger partial charge in [0.05, 0.1) is 0 Å². The summed E-state index contributed by atoms with van der Waals surface area (Å²) in [6.45, 7) is 0.850. The lowest BCUT2D eigenvalue weighted by Crippen LogP contribution is -2.14. The lowest BCUT2D eigenvalue weighted by Gasteiger charge is -2.08. The summed E-state index contributed by atoms with van der Waals surface area (Å²) in [5.41, 5.74) is 2.76. The highest BCUT2D eigenvalue weighted by Gasteiger charge is 2.06. The van der Waals surface area contributed by atoms with Crippen LogP contribution in [0.2, 0.25) is 0 Å². The predicted octanol–water partition coefficient (Wildman–Crippen LogP) is 3.97. The average Bonchev–Trinajstić information content (AvgIpc) is 2.59. The Bertz CT molecular complexity index is 675. The molecule has 0 spiro atoms. The molecule has 2 aromatic carbocycles. The number of amides is 1. The maximum absolute atomic E-state index is 12.1. The van der Waals surface area contributed by atoms with E-state index in [2.05, 4.69) is 15.4 Å². The van der Waals surface area contributed by atoms with Crippen molar-refractivity contribution in [3.63, 3.8) is 0 Å². The van der Waals surface area contributed by atoms with E-state index in [1.165, 1.54) is 12.1 Å². The fourth-order valence-corrected chi connectivity index (χ4v) is 2.35. The number of halogens is 2. The first kappa shape index (κ1) is 18.9. The van der Waals surface area contributed by atoms with Gasteiger partial charge in [0.1, 0.15) is 5.75 Å². The molecule has 0 saturated carbocycles. The summed E-state index contributed by atoms with van der Waals surface area (Å²) in [7, 11) is 0. The maximum atomic E-state index is 12.1. The predicted molar refractivity (Wildman–Crippen MR) is 93.8 cm³/mol. The zero-order valence-electron chi connectivity index (χ0n) is 14.1. The van der Waals surface area contributed by atoms with Crippen molar-refractivity contribution in [2.75, 3.05) is 11.9 Å². The summed E-state index contributed by atoms with van der Waals surface area (Å²) in [6.07, 6.45) is 0.838. The van der Waals surface area contributed by atoms with E-state index < -0.39 is 6.61 Å². The lowest BCUT2D eigenvalue weighted by atomic mass is 10.1. The Hall–Kier alpha value is -2.47. The number of aryl methyl sites for hydroxylation is 1. The summed E-state index contributed by atoms with van der Waals surface area (Å²) < 4.78 is 28.5. The van der Waals surface area contributed by atoms with Gasteiger partial charge in [-0.15, -0.1) is 0 Å². The van der Waals surface area contributed by atoms with Crippen molar-refractivity contribution in [3.05, 3.63) is 59.7 Å². The molecule has 0 aromatic heterocycles. The Morgan fingerprint density at radius 1 is 1.12 bits per heavy atom. The third-order valence-corrected chi connectivity index (χ3v) is 3.58. The number of benzene rings is 2. The Labute approximate surface area is 146 Å². The van der Waals surface area contributed by atoms with E-state index >= 15 is 0 Å². The number of hydrogen-bond donors (Lipinski definition) is 2. The van der Waals surface area contributed by atoms with Crippen LogP contribution in [0.5, 0.6) is 5.75 Å². The first-order valence-corrected chi connectivity index (χ1v) is 8.20. The quantitative estimate of drug-likeness (QED) is 0.721. The molecule has 0 heterocycles. The van der Waals surface area contributed by atoms with E-state index in [4.69, 9.17) is 0 Å². The molecule has 1 amide bonds. The van der Waals surface area contributed by atoms with Crippen molar-refractivity contribution in [3.8, 4) is 5.75 Å². The van der Waals surface area contributed by atoms with Gasteiger partial charge < -0.3 is 15.4 Å². The molecule has 0 saturated heterocycles. The van der Waals surface area contributed by atoms with Gasteiger partial charge in [0, 0.05) is 18.7 Å². The number of carbonyl (C=O) groups is 1. The SMILES string of the molecule is CCNCc1cccc(NC(=O)CCc2ccc(OC(F)F)cc2)c1. The second kappa shape index (κ2) is 9.74. The Morgan fingerprint density at radius 2 is 1.88 bits per heavy atom. The highest BCUT2D eigenvalue weighted by atomic mass is 19.3. The molecule has 0 atom stereocenters. The van der Waals surface area contributed by atoms with Crippen molar-refractivity contribution in [1.29, 1.82) is 0 Å². The topological polar surface area (TPSA) is 50.4 Å². The summed E-state index contributed by atoms with van der Waals surface area (Å²) in [4.78, 5) is 12.1. The molecule has 2 aromatic rings. The van der Waals surface area contributed by atoms with E-state index in [1.807, 2.05) is 31.2 Å². The van der Waals surface area contributed by atoms with Crippen LogP contribution in [0.1, 0.15) is 24.5 Å². The molecule has 0 aliphatic heterocycles. The molecule has 0 bridgehead atoms. The molecule has 134 valence electrons. The molecular weight excluding hydrogens is 326 g/mol. The van der Waals surface area contributed by atoms with Crippen LogP contribution in [0.15, 0.2) is 48.5 Å². The number of alkyl halides is 2. The summed E-state index contributed by atoms with van der Waals surface area (Å²) in [5.74, 6) is 0.0224. The first-order valence-electron chi connectivity index (χ1n) is 8.20. The van der Waals surface area contributed by atoms with Gasteiger partial charge in [0.25, 0.3) is 0 Å². The molecule has 25 heavy (non-hydrogen) atoms. The minimum atomic E-state index is -2.83. The van der Waals surface area contributed by atoms with Gasteiger partial charge in [-0.2, -0.15) is 8.78 Å². The molecule has 6 heteroatoms. The van der Waals surface area contributed by atoms with Gasteiger partial charge >= 0.3 is 6.61 Å². The molecule has 0 radical (unpaired) electrons. The summed E-state index contributed by atoms with van der Waals surface area (Å²) in [5, 5.41) is 6.11. The third kappa shape index (κ3) is 6.89. The second-order valence-corrected chi connectivity index (χ2v) is 5.55. The largest absolute Gasteiger partial charge is 0.435 e. The summed E-state index contributed by atoms with van der Waals surface area (Å²) in [6, 6.07) is 14.0. The zero-order chi connectivity index (χ0) is 18.1. The van der Waals surface area contributed by atoms with Crippen LogP contribution in [-0.4, -0.2) is 19.1 Å². The molecule has 4 nitrogen and oxygen atoms in total. The molecule has 2 rings (SSSR count). The summed E-state index contributed by atoms with van der Waals surface area (Å²) >= 11 is 0. The van der Waals surface area contributed by atoms with Gasteiger partial charge in [-0.25, -0.2) is 0 Å². The van der Waals surface area contributed by atoms with Crippen LogP contribution in [-0.2, 0) is 17.8 Å². The smallest absolute Gasteiger partial charge is 0.387 e. The number of nitrogens with one attached hydrogen (secondary N) is 2. The van der Waals surface area contributed by atoms with Crippen LogP contribution in [0, 0.1) is 0 Å². The van der Waals surface area contributed by atoms with E-state index in [1.54, 1.807) is 12.1 Å². The molecular formula is C19H22F2N2O2. The van der Waals surface area contributed by atoms with Gasteiger partial charge in [-0.05, 0) is 48.4 Å². The minimum absolute atomic E-state index is 0.0893. The fraction of sp³-hybridized carbons (Fsp3) is 0.316. The van der Waals surface area contributed by atoms with Crippen LogP contribution in [0.4, 0.5) is 14.5 Å². The Kier molecular flexibility index (Phi) is 7.35. The highest BCUT2D eigenvalue weighted by Crippen LogP contribution is 2.16. The van der Waals surface area contributed by atoms with Gasteiger partial charge in [-0.3, -0.25) is 4.79 Å². The second-order valence-electron chi connectivity index (χ2n) is 5.55. The molecule has 0 fully saturated rings. The minimum Gasteiger partial charge on any atom is -0.435 e. The van der Waals surface area contributed by atoms with Crippen molar-refractivity contribution in [2.24, 2.45) is 0 Å². The van der Waals surface area contributed by atoms with Crippen molar-refractivity contribution >= 4 is 11.6 Å². The molecule has 0 aliphatic carbocycles. The van der Waals surface area contributed by atoms with Crippen LogP contribution in [0.3, 0.4) is 0 Å². The van der Waals surface area contributed by atoms with Gasteiger partial charge in [0.15, 0.2) is 0 Å². The van der Waals surface area contributed by atoms with E-state index in [-0.39, 0.29) is 11.7 Å². The van der Waals surface area contributed by atoms with Crippen molar-refractivity contribution in [1.82, 2.24) is 5.32 Å². The fourth-order valence-electron chi connectivity index (χ4n) is 2.35. The molecule has 2 N–H and O–H groups in total. The number of rotatable bonds is 9. The number of ether oxygens (including phenoxy) is 1. The zero-order valence-corrected chi connectivity index (χ0v) is 14.1. The van der Waals surface area contributed by atoms with E-state index in [9.17, 15) is 13.6 Å². The average molecular weight is 348 g/mol. The van der Waals surface area contributed by atoms with Crippen molar-refractivity contribution < 1.29 is 18.3 Å². The third-order valence-electron chi connectivity index (χ3n) is 3.58. The van der Waals surface area contributed by atoms with Crippen LogP contribution < -0.4 is 15.4 Å². The van der Waals surface area contributed by atoms with Crippen LogP contribution in [0.25, 0.3) is 0 Å². The maximum Gasteiger partial charge on any atom is 0.387 e. The van der Waals surface area contributed by atoms with Gasteiger partial charge in [-0.1, -0.05) is 31.2 Å². The monoisotopic (exact) mass is 348 g/mol. The Morgan fingerprint density at radius 3 is 2.56 bits per heavy atom. The number of carbonyl (C=O) groups excluding carboxylic acids is 1. The molecule has 0 unspecified atom stereocenters. The standard InChI is InChI=1S/C19H22F2N2O2/c1-2-22-13-15-4-3-5-16(12-15)23-18(24)11-8-14-6-9-17(10-7-14)25-19(20)21/h3-7,9-10,12,19,22H,2,8,11,13H2,1H3,(H,23,24). The first-order chi connectivity index (χ1) is 12.1. The molecule has 0 aliphatic rings. The highest BCUT2D eigenvalue weighted by molar-refractivity contribution is 5.90. The van der Waals surface area contributed by atoms with Crippen LogP contribution >= 0.6 is 0 Å². The van der Waals surface area contributed by atoms with E-state index in [0.717, 1.165) is 29.9 Å². The Balaban J connectivity index is 1.82.